The van der Waals surface area contributed by atoms with Crippen LogP contribution in [0.2, 0.25) is 0 Å². The van der Waals surface area contributed by atoms with Crippen molar-refractivity contribution in [1.82, 2.24) is 10.3 Å². The van der Waals surface area contributed by atoms with Gasteiger partial charge in [0.2, 0.25) is 0 Å². The van der Waals surface area contributed by atoms with Crippen molar-refractivity contribution < 1.29 is 18.7 Å². The number of hydrogen-bond donors (Lipinski definition) is 1. The fourth-order valence-corrected chi connectivity index (χ4v) is 3.14. The number of nitrogens with zero attached hydrogens (tertiary/aromatic N) is 2. The predicted molar refractivity (Wildman–Crippen MR) is 108 cm³/mol. The lowest BCUT2D eigenvalue weighted by molar-refractivity contribution is -0.123. The summed E-state index contributed by atoms with van der Waals surface area (Å²) in [6.07, 6.45) is 1.58. The molecular weight excluding hydrogens is 429 g/mol. The van der Waals surface area contributed by atoms with Crippen molar-refractivity contribution in [1.29, 1.82) is 0 Å². The number of rotatable bonds is 7. The number of carbonyl (C=O) groups is 1. The van der Waals surface area contributed by atoms with E-state index >= 15 is 0 Å². The fraction of sp³-hybridized carbons (Fsp3) is 0.300. The number of morpholine rings is 1. The van der Waals surface area contributed by atoms with Crippen molar-refractivity contribution in [2.45, 2.75) is 6.61 Å². The molecule has 0 unspecified atom stereocenters. The third kappa shape index (κ3) is 6.40. The first-order chi connectivity index (χ1) is 13.6. The van der Waals surface area contributed by atoms with E-state index < -0.39 is 0 Å². The summed E-state index contributed by atoms with van der Waals surface area (Å²) in [4.78, 5) is 13.9. The lowest BCUT2D eigenvalue weighted by Crippen LogP contribution is -2.42. The molecule has 1 N–H and O–H groups in total. The molecule has 0 aromatic heterocycles. The molecule has 3 rings (SSSR count). The van der Waals surface area contributed by atoms with Crippen molar-refractivity contribution in [3.8, 4) is 5.75 Å². The first kappa shape index (κ1) is 20.4. The monoisotopic (exact) mass is 449 g/mol. The normalized spacial score (nSPS) is 14.9. The maximum atomic E-state index is 12.9. The summed E-state index contributed by atoms with van der Waals surface area (Å²) in [6, 6.07) is 11.7. The van der Waals surface area contributed by atoms with Crippen molar-refractivity contribution >= 4 is 28.1 Å². The molecule has 1 saturated heterocycles. The van der Waals surface area contributed by atoms with Gasteiger partial charge in [0.05, 0.1) is 30.4 Å². The third-order valence-corrected chi connectivity index (χ3v) is 4.76. The van der Waals surface area contributed by atoms with Gasteiger partial charge in [-0.2, -0.15) is 5.10 Å². The number of hydrazone groups is 1. The van der Waals surface area contributed by atoms with Gasteiger partial charge in [0.1, 0.15) is 18.2 Å². The Morgan fingerprint density at radius 2 is 2.00 bits per heavy atom. The second kappa shape index (κ2) is 10.3. The van der Waals surface area contributed by atoms with E-state index in [1.807, 2.05) is 23.1 Å². The summed E-state index contributed by atoms with van der Waals surface area (Å²) >= 11 is 3.47. The second-order valence-electron chi connectivity index (χ2n) is 6.29. The molecule has 28 heavy (non-hydrogen) atoms. The summed E-state index contributed by atoms with van der Waals surface area (Å²) < 4.78 is 24.7. The molecule has 2 aromatic carbocycles. The molecule has 0 bridgehead atoms. The summed E-state index contributed by atoms with van der Waals surface area (Å²) in [5, 5.41) is 4.00. The van der Waals surface area contributed by atoms with Crippen molar-refractivity contribution in [3.63, 3.8) is 0 Å². The second-order valence-corrected chi connectivity index (χ2v) is 7.14. The maximum Gasteiger partial charge on any atom is 0.254 e. The molecule has 8 heteroatoms. The molecule has 2 aromatic rings. The standard InChI is InChI=1S/C20H21BrFN3O3/c21-18-11-16(12-23-24-20(26)13-25-7-9-27-10-8-25)3-6-19(18)28-14-15-1-4-17(22)5-2-15/h1-6,11-12H,7-10,13-14H2,(H,24,26). The maximum absolute atomic E-state index is 12.9. The van der Waals surface area contributed by atoms with Gasteiger partial charge in [0.25, 0.3) is 5.91 Å². The first-order valence-electron chi connectivity index (χ1n) is 8.89. The molecule has 1 fully saturated rings. The fourth-order valence-electron chi connectivity index (χ4n) is 2.63. The van der Waals surface area contributed by atoms with Gasteiger partial charge in [-0.05, 0) is 57.4 Å². The summed E-state index contributed by atoms with van der Waals surface area (Å²) in [7, 11) is 0. The van der Waals surface area contributed by atoms with E-state index in [2.05, 4.69) is 26.5 Å². The van der Waals surface area contributed by atoms with E-state index in [4.69, 9.17) is 9.47 Å². The Balaban J connectivity index is 1.48. The van der Waals surface area contributed by atoms with Crippen LogP contribution in [-0.4, -0.2) is 49.9 Å². The van der Waals surface area contributed by atoms with Gasteiger partial charge in [-0.3, -0.25) is 9.69 Å². The Kier molecular flexibility index (Phi) is 7.53. The minimum atomic E-state index is -0.273. The number of benzene rings is 2. The van der Waals surface area contributed by atoms with Crippen LogP contribution in [0.5, 0.6) is 5.75 Å². The molecule has 1 heterocycles. The highest BCUT2D eigenvalue weighted by atomic mass is 79.9. The average molecular weight is 450 g/mol. The first-order valence-corrected chi connectivity index (χ1v) is 9.68. The molecule has 6 nitrogen and oxygen atoms in total. The van der Waals surface area contributed by atoms with Crippen LogP contribution in [0.25, 0.3) is 0 Å². The molecule has 0 saturated carbocycles. The summed E-state index contributed by atoms with van der Waals surface area (Å²) in [5.41, 5.74) is 4.22. The smallest absolute Gasteiger partial charge is 0.254 e. The van der Waals surface area contributed by atoms with Gasteiger partial charge in [-0.15, -0.1) is 0 Å². The van der Waals surface area contributed by atoms with E-state index in [-0.39, 0.29) is 11.7 Å². The number of ether oxygens (including phenoxy) is 2. The van der Waals surface area contributed by atoms with Gasteiger partial charge in [0.15, 0.2) is 0 Å². The van der Waals surface area contributed by atoms with Crippen LogP contribution in [0.1, 0.15) is 11.1 Å². The number of halogens is 2. The zero-order chi connectivity index (χ0) is 19.8. The Labute approximate surface area is 171 Å². The Hall–Kier alpha value is -2.29. The molecule has 1 amide bonds. The molecule has 0 spiro atoms. The van der Waals surface area contributed by atoms with Crippen LogP contribution in [0.15, 0.2) is 52.0 Å². The van der Waals surface area contributed by atoms with E-state index in [9.17, 15) is 9.18 Å². The van der Waals surface area contributed by atoms with Crippen LogP contribution >= 0.6 is 15.9 Å². The van der Waals surface area contributed by atoms with E-state index in [0.717, 1.165) is 28.7 Å². The van der Waals surface area contributed by atoms with Crippen LogP contribution in [0.4, 0.5) is 4.39 Å². The predicted octanol–water partition coefficient (Wildman–Crippen LogP) is 2.95. The molecule has 0 radical (unpaired) electrons. The summed E-state index contributed by atoms with van der Waals surface area (Å²) in [5.74, 6) is 0.236. The van der Waals surface area contributed by atoms with Gasteiger partial charge >= 0.3 is 0 Å². The zero-order valence-corrected chi connectivity index (χ0v) is 16.8. The molecular formula is C20H21BrFN3O3. The summed E-state index contributed by atoms with van der Waals surface area (Å²) in [6.45, 7) is 3.46. The van der Waals surface area contributed by atoms with Gasteiger partial charge in [-0.1, -0.05) is 12.1 Å². The molecule has 1 aliphatic heterocycles. The van der Waals surface area contributed by atoms with Crippen LogP contribution in [0, 0.1) is 5.82 Å². The minimum Gasteiger partial charge on any atom is -0.488 e. The van der Waals surface area contributed by atoms with E-state index in [1.54, 1.807) is 18.3 Å². The topological polar surface area (TPSA) is 63.2 Å². The lowest BCUT2D eigenvalue weighted by atomic mass is 10.2. The van der Waals surface area contributed by atoms with Crippen LogP contribution < -0.4 is 10.2 Å². The molecule has 1 aliphatic rings. The van der Waals surface area contributed by atoms with Crippen molar-refractivity contribution in [3.05, 3.63) is 63.9 Å². The number of carbonyl (C=O) groups excluding carboxylic acids is 1. The molecule has 0 atom stereocenters. The van der Waals surface area contributed by atoms with Gasteiger partial charge < -0.3 is 9.47 Å². The Morgan fingerprint density at radius 1 is 1.25 bits per heavy atom. The minimum absolute atomic E-state index is 0.156. The average Bonchev–Trinajstić information content (AvgIpc) is 2.69. The lowest BCUT2D eigenvalue weighted by Gasteiger charge is -2.25. The van der Waals surface area contributed by atoms with E-state index in [0.29, 0.717) is 32.1 Å². The van der Waals surface area contributed by atoms with Crippen LogP contribution in [0.3, 0.4) is 0 Å². The quantitative estimate of drug-likeness (QED) is 0.521. The molecule has 0 aliphatic carbocycles. The molecule has 148 valence electrons. The van der Waals surface area contributed by atoms with Crippen molar-refractivity contribution in [2.24, 2.45) is 5.10 Å². The van der Waals surface area contributed by atoms with Crippen molar-refractivity contribution in [2.75, 3.05) is 32.8 Å². The Bertz CT molecular complexity index is 824. The number of hydrogen-bond acceptors (Lipinski definition) is 5. The van der Waals surface area contributed by atoms with Gasteiger partial charge in [-0.25, -0.2) is 9.82 Å². The van der Waals surface area contributed by atoms with E-state index in [1.165, 1.54) is 12.1 Å². The highest BCUT2D eigenvalue weighted by Gasteiger charge is 2.13. The highest BCUT2D eigenvalue weighted by Crippen LogP contribution is 2.26. The largest absolute Gasteiger partial charge is 0.488 e. The van der Waals surface area contributed by atoms with Gasteiger partial charge in [0, 0.05) is 13.1 Å². The number of amides is 1. The highest BCUT2D eigenvalue weighted by molar-refractivity contribution is 9.10. The van der Waals surface area contributed by atoms with Crippen LogP contribution in [-0.2, 0) is 16.1 Å². The SMILES string of the molecule is O=C(CN1CCOCC1)NN=Cc1ccc(OCc2ccc(F)cc2)c(Br)c1. The third-order valence-electron chi connectivity index (χ3n) is 4.14. The Morgan fingerprint density at radius 3 is 2.71 bits per heavy atom. The number of nitrogens with one attached hydrogen (secondary N) is 1. The zero-order valence-electron chi connectivity index (χ0n) is 15.2.